The highest BCUT2D eigenvalue weighted by Crippen LogP contribution is 2.21. The van der Waals surface area contributed by atoms with E-state index in [2.05, 4.69) is 17.3 Å². The third kappa shape index (κ3) is 6.60. The van der Waals surface area contributed by atoms with Crippen LogP contribution in [0.3, 0.4) is 0 Å². The maximum Gasteiger partial charge on any atom is 0.220 e. The summed E-state index contributed by atoms with van der Waals surface area (Å²) in [5.41, 5.74) is 0. The largest absolute Gasteiger partial charge is 0.356 e. The molecule has 18 heavy (non-hydrogen) atoms. The summed E-state index contributed by atoms with van der Waals surface area (Å²) < 4.78 is 0. The smallest absolute Gasteiger partial charge is 0.220 e. The molecule has 3 nitrogen and oxygen atoms in total. The van der Waals surface area contributed by atoms with Gasteiger partial charge in [-0.3, -0.25) is 4.79 Å². The first-order valence-corrected chi connectivity index (χ1v) is 7.80. The molecule has 0 aromatic carbocycles. The fourth-order valence-electron chi connectivity index (χ4n) is 2.58. The minimum atomic E-state index is 0.135. The molecule has 1 aliphatic rings. The van der Waals surface area contributed by atoms with E-state index in [0.717, 1.165) is 32.0 Å². The average Bonchev–Trinajstić information content (AvgIpc) is 2.42. The van der Waals surface area contributed by atoms with Gasteiger partial charge in [-0.15, -0.1) is 11.6 Å². The van der Waals surface area contributed by atoms with Crippen molar-refractivity contribution in [3.63, 3.8) is 0 Å². The fourth-order valence-corrected chi connectivity index (χ4v) is 2.71. The molecule has 4 heteroatoms. The molecule has 0 unspecified atom stereocenters. The monoisotopic (exact) mass is 274 g/mol. The summed E-state index contributed by atoms with van der Waals surface area (Å²) in [6, 6.07) is 0.769. The van der Waals surface area contributed by atoms with Crippen LogP contribution in [0.4, 0.5) is 0 Å². The molecule has 0 atom stereocenters. The molecule has 1 fully saturated rings. The first-order valence-electron chi connectivity index (χ1n) is 7.27. The number of hydrogen-bond donors (Lipinski definition) is 1. The molecule has 1 rings (SSSR count). The van der Waals surface area contributed by atoms with Crippen molar-refractivity contribution in [2.45, 2.75) is 57.4 Å². The number of rotatable bonds is 8. The van der Waals surface area contributed by atoms with Gasteiger partial charge in [-0.2, -0.15) is 0 Å². The summed E-state index contributed by atoms with van der Waals surface area (Å²) in [7, 11) is 2.21. The Labute approximate surface area is 116 Å². The lowest BCUT2D eigenvalue weighted by Gasteiger charge is -2.31. The molecule has 0 aromatic heterocycles. The number of carbonyl (C=O) groups excluding carboxylic acids is 1. The van der Waals surface area contributed by atoms with Gasteiger partial charge in [0, 0.05) is 24.9 Å². The second-order valence-corrected chi connectivity index (χ2v) is 5.65. The van der Waals surface area contributed by atoms with Crippen LogP contribution in [0.1, 0.15) is 51.4 Å². The molecule has 1 saturated carbocycles. The van der Waals surface area contributed by atoms with E-state index in [1.54, 1.807) is 0 Å². The Morgan fingerprint density at radius 3 is 2.67 bits per heavy atom. The number of hydrogen-bond acceptors (Lipinski definition) is 2. The third-order valence-corrected chi connectivity index (χ3v) is 4.01. The van der Waals surface area contributed by atoms with E-state index < -0.39 is 0 Å². The van der Waals surface area contributed by atoms with Gasteiger partial charge in [-0.1, -0.05) is 19.3 Å². The van der Waals surface area contributed by atoms with Crippen molar-refractivity contribution in [3.05, 3.63) is 0 Å². The fraction of sp³-hybridized carbons (Fsp3) is 0.929. The lowest BCUT2D eigenvalue weighted by molar-refractivity contribution is -0.121. The van der Waals surface area contributed by atoms with Crippen LogP contribution in [0, 0.1) is 0 Å². The van der Waals surface area contributed by atoms with E-state index in [9.17, 15) is 4.79 Å². The van der Waals surface area contributed by atoms with E-state index in [1.165, 1.54) is 32.1 Å². The van der Waals surface area contributed by atoms with Gasteiger partial charge in [0.1, 0.15) is 0 Å². The summed E-state index contributed by atoms with van der Waals surface area (Å²) in [4.78, 5) is 13.8. The quantitative estimate of drug-likeness (QED) is 0.545. The lowest BCUT2D eigenvalue weighted by Crippen LogP contribution is -2.35. The molecule has 0 radical (unpaired) electrons. The van der Waals surface area contributed by atoms with Crippen molar-refractivity contribution in [1.29, 1.82) is 0 Å². The van der Waals surface area contributed by atoms with Gasteiger partial charge in [0.15, 0.2) is 0 Å². The SMILES string of the molecule is CN(CCCNC(=O)CCCCl)C1CCCCC1. The number of alkyl halides is 1. The summed E-state index contributed by atoms with van der Waals surface area (Å²) >= 11 is 5.55. The molecular formula is C14H27ClN2O. The van der Waals surface area contributed by atoms with Crippen LogP contribution in [0.2, 0.25) is 0 Å². The standard InChI is InChI=1S/C14H27ClN2O/c1-17(13-7-3-2-4-8-13)12-6-11-16-14(18)9-5-10-15/h13H,2-12H2,1H3,(H,16,18). The van der Waals surface area contributed by atoms with E-state index in [0.29, 0.717) is 12.3 Å². The zero-order valence-electron chi connectivity index (χ0n) is 11.6. The van der Waals surface area contributed by atoms with Gasteiger partial charge in [0.2, 0.25) is 5.91 Å². The van der Waals surface area contributed by atoms with Crippen molar-refractivity contribution in [3.8, 4) is 0 Å². The van der Waals surface area contributed by atoms with Crippen molar-refractivity contribution in [1.82, 2.24) is 10.2 Å². The first kappa shape index (κ1) is 15.8. The molecule has 106 valence electrons. The summed E-state index contributed by atoms with van der Waals surface area (Å²) in [5.74, 6) is 0.702. The summed E-state index contributed by atoms with van der Waals surface area (Å²) in [6.07, 6.45) is 9.23. The maximum atomic E-state index is 11.4. The van der Waals surface area contributed by atoms with Crippen LogP contribution >= 0.6 is 11.6 Å². The van der Waals surface area contributed by atoms with E-state index in [-0.39, 0.29) is 5.91 Å². The van der Waals surface area contributed by atoms with Gasteiger partial charge in [-0.05, 0) is 39.3 Å². The van der Waals surface area contributed by atoms with Crippen LogP contribution < -0.4 is 5.32 Å². The molecule has 0 aliphatic heterocycles. The molecule has 0 bridgehead atoms. The van der Waals surface area contributed by atoms with Gasteiger partial charge >= 0.3 is 0 Å². The number of amides is 1. The predicted octanol–water partition coefficient (Wildman–Crippen LogP) is 2.78. The molecule has 1 N–H and O–H groups in total. The number of halogens is 1. The Kier molecular flexibility index (Phi) is 8.44. The first-order chi connectivity index (χ1) is 8.74. The molecular weight excluding hydrogens is 248 g/mol. The van der Waals surface area contributed by atoms with Crippen LogP contribution in [0.5, 0.6) is 0 Å². The highest BCUT2D eigenvalue weighted by atomic mass is 35.5. The predicted molar refractivity (Wildman–Crippen MR) is 77.1 cm³/mol. The summed E-state index contributed by atoms with van der Waals surface area (Å²) in [6.45, 7) is 1.87. The van der Waals surface area contributed by atoms with Gasteiger partial charge in [0.05, 0.1) is 0 Å². The minimum absolute atomic E-state index is 0.135. The highest BCUT2D eigenvalue weighted by Gasteiger charge is 2.17. The summed E-state index contributed by atoms with van der Waals surface area (Å²) in [5, 5.41) is 2.95. The zero-order valence-corrected chi connectivity index (χ0v) is 12.3. The highest BCUT2D eigenvalue weighted by molar-refractivity contribution is 6.17. The number of nitrogens with zero attached hydrogens (tertiary/aromatic N) is 1. The molecule has 0 aromatic rings. The molecule has 0 saturated heterocycles. The Hall–Kier alpha value is -0.280. The number of nitrogens with one attached hydrogen (secondary N) is 1. The van der Waals surface area contributed by atoms with Crippen LogP contribution in [-0.4, -0.2) is 42.9 Å². The Morgan fingerprint density at radius 1 is 1.28 bits per heavy atom. The van der Waals surface area contributed by atoms with Crippen LogP contribution in [0.15, 0.2) is 0 Å². The van der Waals surface area contributed by atoms with E-state index in [1.807, 2.05) is 0 Å². The Morgan fingerprint density at radius 2 is 2.00 bits per heavy atom. The van der Waals surface area contributed by atoms with Crippen molar-refractivity contribution in [2.24, 2.45) is 0 Å². The van der Waals surface area contributed by atoms with Gasteiger partial charge in [-0.25, -0.2) is 0 Å². The molecule has 0 spiro atoms. The second-order valence-electron chi connectivity index (χ2n) is 5.27. The van der Waals surface area contributed by atoms with E-state index >= 15 is 0 Å². The average molecular weight is 275 g/mol. The Bertz CT molecular complexity index is 230. The second kappa shape index (κ2) is 9.62. The van der Waals surface area contributed by atoms with E-state index in [4.69, 9.17) is 11.6 Å². The molecule has 1 aliphatic carbocycles. The molecule has 1 amide bonds. The van der Waals surface area contributed by atoms with Crippen molar-refractivity contribution >= 4 is 17.5 Å². The maximum absolute atomic E-state index is 11.4. The van der Waals surface area contributed by atoms with Crippen LogP contribution in [-0.2, 0) is 4.79 Å². The van der Waals surface area contributed by atoms with Gasteiger partial charge < -0.3 is 10.2 Å². The van der Waals surface area contributed by atoms with Gasteiger partial charge in [0.25, 0.3) is 0 Å². The van der Waals surface area contributed by atoms with Crippen molar-refractivity contribution < 1.29 is 4.79 Å². The molecule has 0 heterocycles. The zero-order chi connectivity index (χ0) is 13.2. The number of carbonyl (C=O) groups is 1. The third-order valence-electron chi connectivity index (χ3n) is 3.75. The normalized spacial score (nSPS) is 17.1. The van der Waals surface area contributed by atoms with Crippen LogP contribution in [0.25, 0.3) is 0 Å². The van der Waals surface area contributed by atoms with Crippen molar-refractivity contribution in [2.75, 3.05) is 26.0 Å². The lowest BCUT2D eigenvalue weighted by atomic mass is 9.94. The topological polar surface area (TPSA) is 32.3 Å². The minimum Gasteiger partial charge on any atom is -0.356 e. The Balaban J connectivity index is 2.01.